The van der Waals surface area contributed by atoms with Gasteiger partial charge in [0.2, 0.25) is 5.91 Å². The predicted octanol–water partition coefficient (Wildman–Crippen LogP) is 4.89. The number of aromatic nitrogens is 3. The number of halogens is 3. The van der Waals surface area contributed by atoms with Crippen LogP contribution in [0.3, 0.4) is 0 Å². The molecule has 6 nitrogen and oxygen atoms in total. The average Bonchev–Trinajstić information content (AvgIpc) is 3.23. The van der Waals surface area contributed by atoms with E-state index in [9.17, 15) is 18.0 Å². The predicted molar refractivity (Wildman–Crippen MR) is 108 cm³/mol. The highest BCUT2D eigenvalue weighted by atomic mass is 32.2. The third kappa shape index (κ3) is 5.54. The van der Waals surface area contributed by atoms with E-state index in [1.54, 1.807) is 11.3 Å². The van der Waals surface area contributed by atoms with Gasteiger partial charge < -0.3 is 14.6 Å². The van der Waals surface area contributed by atoms with Crippen LogP contribution in [0.15, 0.2) is 46.9 Å². The Labute approximate surface area is 178 Å². The van der Waals surface area contributed by atoms with Crippen molar-refractivity contribution in [3.05, 3.63) is 52.5 Å². The van der Waals surface area contributed by atoms with Crippen LogP contribution in [0.4, 0.5) is 18.9 Å². The van der Waals surface area contributed by atoms with Crippen molar-refractivity contribution in [3.8, 4) is 5.75 Å². The van der Waals surface area contributed by atoms with E-state index in [1.807, 2.05) is 11.4 Å². The number of thiophene rings is 1. The van der Waals surface area contributed by atoms with Crippen molar-refractivity contribution in [1.29, 1.82) is 0 Å². The van der Waals surface area contributed by atoms with Gasteiger partial charge in [-0.2, -0.15) is 0 Å². The maximum atomic E-state index is 12.3. The molecule has 0 aliphatic heterocycles. The first kappa shape index (κ1) is 20.7. The van der Waals surface area contributed by atoms with Gasteiger partial charge in [-0.25, -0.2) is 0 Å². The Bertz CT molecular complexity index is 1000. The molecule has 158 valence electrons. The van der Waals surface area contributed by atoms with E-state index < -0.39 is 6.36 Å². The summed E-state index contributed by atoms with van der Waals surface area (Å²) in [5.41, 5.74) is 0.386. The van der Waals surface area contributed by atoms with Crippen molar-refractivity contribution in [2.45, 2.75) is 36.8 Å². The van der Waals surface area contributed by atoms with Crippen molar-refractivity contribution in [2.75, 3.05) is 11.1 Å². The SMILES string of the molecule is O=C(CSc1nnc(Cc2cccs2)n1C1CC1)Nc1ccc(OC(F)(F)F)cc1. The Balaban J connectivity index is 1.34. The van der Waals surface area contributed by atoms with Gasteiger partial charge in [0.05, 0.1) is 5.75 Å². The fourth-order valence-corrected chi connectivity index (χ4v) is 4.39. The molecule has 30 heavy (non-hydrogen) atoms. The zero-order valence-electron chi connectivity index (χ0n) is 15.6. The Morgan fingerprint density at radius 3 is 2.63 bits per heavy atom. The van der Waals surface area contributed by atoms with Crippen LogP contribution in [0.5, 0.6) is 5.75 Å². The first-order chi connectivity index (χ1) is 14.4. The summed E-state index contributed by atoms with van der Waals surface area (Å²) >= 11 is 2.96. The third-order valence-electron chi connectivity index (χ3n) is 4.26. The molecule has 0 bridgehead atoms. The number of hydrogen-bond acceptors (Lipinski definition) is 6. The molecule has 1 N–H and O–H groups in total. The molecular formula is C19H17F3N4O2S2. The highest BCUT2D eigenvalue weighted by Gasteiger charge is 2.31. The Morgan fingerprint density at radius 1 is 1.23 bits per heavy atom. The number of hydrogen-bond donors (Lipinski definition) is 1. The molecule has 0 saturated heterocycles. The minimum Gasteiger partial charge on any atom is -0.406 e. The summed E-state index contributed by atoms with van der Waals surface area (Å²) in [6, 6.07) is 9.45. The summed E-state index contributed by atoms with van der Waals surface area (Å²) in [5.74, 6) is 0.383. The quantitative estimate of drug-likeness (QED) is 0.491. The van der Waals surface area contributed by atoms with Crippen molar-refractivity contribution in [2.24, 2.45) is 0 Å². The van der Waals surface area contributed by atoms with Crippen LogP contribution < -0.4 is 10.1 Å². The molecule has 1 amide bonds. The lowest BCUT2D eigenvalue weighted by molar-refractivity contribution is -0.274. The van der Waals surface area contributed by atoms with Gasteiger partial charge in [0, 0.05) is 23.0 Å². The molecule has 2 aromatic heterocycles. The van der Waals surface area contributed by atoms with E-state index in [2.05, 4.69) is 30.9 Å². The highest BCUT2D eigenvalue weighted by molar-refractivity contribution is 7.99. The average molecular weight is 454 g/mol. The van der Waals surface area contributed by atoms with Gasteiger partial charge in [-0.1, -0.05) is 17.8 Å². The number of alkyl halides is 3. The van der Waals surface area contributed by atoms with E-state index in [4.69, 9.17) is 0 Å². The van der Waals surface area contributed by atoms with E-state index in [-0.39, 0.29) is 17.4 Å². The van der Waals surface area contributed by atoms with Gasteiger partial charge >= 0.3 is 6.36 Å². The smallest absolute Gasteiger partial charge is 0.406 e. The molecule has 4 rings (SSSR count). The number of ether oxygens (including phenoxy) is 1. The summed E-state index contributed by atoms with van der Waals surface area (Å²) in [6.45, 7) is 0. The minimum atomic E-state index is -4.75. The molecule has 1 aromatic carbocycles. The molecular weight excluding hydrogens is 437 g/mol. The van der Waals surface area contributed by atoms with Crippen LogP contribution >= 0.6 is 23.1 Å². The maximum Gasteiger partial charge on any atom is 0.573 e. The summed E-state index contributed by atoms with van der Waals surface area (Å²) < 4.78 is 42.5. The number of anilines is 1. The first-order valence-corrected chi connectivity index (χ1v) is 11.0. The number of amides is 1. The van der Waals surface area contributed by atoms with Gasteiger partial charge in [0.1, 0.15) is 11.6 Å². The van der Waals surface area contributed by atoms with Gasteiger partial charge in [-0.05, 0) is 48.6 Å². The van der Waals surface area contributed by atoms with Gasteiger partial charge in [0.15, 0.2) is 5.16 Å². The standard InChI is InChI=1S/C19H17F3N4O2S2/c20-19(21,22)28-14-7-3-12(4-8-14)23-17(27)11-30-18-25-24-16(26(18)13-5-6-13)10-15-2-1-9-29-15/h1-4,7-9,13H,5-6,10-11H2,(H,23,27). The molecule has 1 fully saturated rings. The van der Waals surface area contributed by atoms with E-state index in [0.717, 1.165) is 30.8 Å². The number of carbonyl (C=O) groups excluding carboxylic acids is 1. The molecule has 2 heterocycles. The fourth-order valence-electron chi connectivity index (χ4n) is 2.86. The molecule has 0 unspecified atom stereocenters. The third-order valence-corrected chi connectivity index (χ3v) is 6.08. The number of carbonyl (C=O) groups is 1. The number of rotatable bonds is 8. The second kappa shape index (κ2) is 8.68. The van der Waals surface area contributed by atoms with Crippen LogP contribution in [0.1, 0.15) is 29.6 Å². The van der Waals surface area contributed by atoms with E-state index >= 15 is 0 Å². The van der Waals surface area contributed by atoms with E-state index in [0.29, 0.717) is 23.3 Å². The summed E-state index contributed by atoms with van der Waals surface area (Å²) in [6.07, 6.45) is -1.90. The molecule has 0 spiro atoms. The number of benzene rings is 1. The van der Waals surface area contributed by atoms with Crippen LogP contribution in [-0.4, -0.2) is 32.8 Å². The number of nitrogens with zero attached hydrogens (tertiary/aromatic N) is 3. The molecule has 3 aromatic rings. The highest BCUT2D eigenvalue weighted by Crippen LogP contribution is 2.39. The van der Waals surface area contributed by atoms with Crippen molar-refractivity contribution < 1.29 is 22.7 Å². The Kier molecular flexibility index (Phi) is 6.00. The minimum absolute atomic E-state index is 0.116. The largest absolute Gasteiger partial charge is 0.573 e. The fraction of sp³-hybridized carbons (Fsp3) is 0.316. The zero-order chi connectivity index (χ0) is 21.1. The van der Waals surface area contributed by atoms with Crippen LogP contribution in [-0.2, 0) is 11.2 Å². The van der Waals surface area contributed by atoms with Gasteiger partial charge in [-0.3, -0.25) is 4.79 Å². The monoisotopic (exact) mass is 454 g/mol. The number of nitrogens with one attached hydrogen (secondary N) is 1. The summed E-state index contributed by atoms with van der Waals surface area (Å²) in [5, 5.41) is 14.0. The lowest BCUT2D eigenvalue weighted by Crippen LogP contribution is -2.17. The second-order valence-corrected chi connectivity index (χ2v) is 8.64. The molecule has 1 aliphatic rings. The second-order valence-electron chi connectivity index (χ2n) is 6.67. The van der Waals surface area contributed by atoms with Crippen LogP contribution in [0.25, 0.3) is 0 Å². The van der Waals surface area contributed by atoms with Crippen LogP contribution in [0.2, 0.25) is 0 Å². The maximum absolute atomic E-state index is 12.3. The Hall–Kier alpha value is -2.53. The molecule has 1 aliphatic carbocycles. The van der Waals surface area contributed by atoms with Crippen molar-refractivity contribution in [3.63, 3.8) is 0 Å². The lowest BCUT2D eigenvalue weighted by Gasteiger charge is -2.10. The first-order valence-electron chi connectivity index (χ1n) is 9.12. The van der Waals surface area contributed by atoms with Gasteiger partial charge in [0.25, 0.3) is 0 Å². The Morgan fingerprint density at radius 2 is 2.00 bits per heavy atom. The molecule has 1 saturated carbocycles. The lowest BCUT2D eigenvalue weighted by atomic mass is 10.3. The van der Waals surface area contributed by atoms with Gasteiger partial charge in [-0.15, -0.1) is 34.7 Å². The normalized spacial score (nSPS) is 14.0. The topological polar surface area (TPSA) is 69.0 Å². The van der Waals surface area contributed by atoms with Crippen LogP contribution in [0, 0.1) is 0 Å². The number of thioether (sulfide) groups is 1. The summed E-state index contributed by atoms with van der Waals surface area (Å²) in [4.78, 5) is 13.5. The van der Waals surface area contributed by atoms with Crippen molar-refractivity contribution >= 4 is 34.7 Å². The van der Waals surface area contributed by atoms with E-state index in [1.165, 1.54) is 28.8 Å². The summed E-state index contributed by atoms with van der Waals surface area (Å²) in [7, 11) is 0. The van der Waals surface area contributed by atoms with Crippen molar-refractivity contribution in [1.82, 2.24) is 14.8 Å². The molecule has 0 atom stereocenters. The molecule has 0 radical (unpaired) electrons. The molecule has 11 heteroatoms. The zero-order valence-corrected chi connectivity index (χ0v) is 17.2.